The lowest BCUT2D eigenvalue weighted by Gasteiger charge is -2.35. The first-order chi connectivity index (χ1) is 13.1. The van der Waals surface area contributed by atoms with Crippen molar-refractivity contribution in [2.75, 3.05) is 31.6 Å². The first-order valence-electron chi connectivity index (χ1n) is 9.04. The van der Waals surface area contributed by atoms with Crippen LogP contribution in [0.4, 0.5) is 10.1 Å². The molecule has 1 aromatic carbocycles. The van der Waals surface area contributed by atoms with E-state index in [2.05, 4.69) is 17.1 Å². The van der Waals surface area contributed by atoms with Gasteiger partial charge < -0.3 is 15.0 Å². The maximum absolute atomic E-state index is 14.0. The highest BCUT2D eigenvalue weighted by Crippen LogP contribution is 2.26. The fraction of sp³-hybridized carbons (Fsp3) is 0.286. The smallest absolute Gasteiger partial charge is 0.255 e. The van der Waals surface area contributed by atoms with E-state index in [4.69, 9.17) is 4.74 Å². The molecule has 3 heterocycles. The molecule has 1 atom stereocenters. The quantitative estimate of drug-likeness (QED) is 0.773. The molecule has 1 saturated heterocycles. The summed E-state index contributed by atoms with van der Waals surface area (Å²) in [5.41, 5.74) is 3.00. The molecule has 0 aliphatic carbocycles. The van der Waals surface area contributed by atoms with Crippen LogP contribution in [0.5, 0.6) is 5.75 Å². The van der Waals surface area contributed by atoms with Crippen molar-refractivity contribution in [2.45, 2.75) is 13.0 Å². The Labute approximate surface area is 157 Å². The highest BCUT2D eigenvalue weighted by atomic mass is 19.1. The van der Waals surface area contributed by atoms with Gasteiger partial charge in [-0.15, -0.1) is 0 Å². The number of aromatic nitrogens is 1. The van der Waals surface area contributed by atoms with E-state index in [0.29, 0.717) is 17.2 Å². The molecule has 0 bridgehead atoms. The lowest BCUT2D eigenvalue weighted by Crippen LogP contribution is -2.50. The number of benzene rings is 1. The molecule has 0 amide bonds. The molecule has 1 aliphatic heterocycles. The van der Waals surface area contributed by atoms with Crippen molar-refractivity contribution in [3.8, 4) is 16.9 Å². The van der Waals surface area contributed by atoms with Gasteiger partial charge in [0.2, 0.25) is 0 Å². The largest absolute Gasteiger partial charge is 0.494 e. The SMILES string of the molecule is COc1ccc(-c2cc(=O)n3cc(N4CCNC[C@@H]4C)ccc3c2)cc1F. The van der Waals surface area contributed by atoms with Crippen LogP contribution in [-0.2, 0) is 0 Å². The zero-order valence-corrected chi connectivity index (χ0v) is 15.4. The summed E-state index contributed by atoms with van der Waals surface area (Å²) in [6.07, 6.45) is 1.89. The molecule has 2 aromatic heterocycles. The third kappa shape index (κ3) is 3.28. The van der Waals surface area contributed by atoms with Gasteiger partial charge in [0.05, 0.1) is 12.8 Å². The van der Waals surface area contributed by atoms with Gasteiger partial charge in [-0.2, -0.15) is 0 Å². The summed E-state index contributed by atoms with van der Waals surface area (Å²) in [5, 5.41) is 3.37. The van der Waals surface area contributed by atoms with Crippen LogP contribution in [0.3, 0.4) is 0 Å². The number of piperazine rings is 1. The summed E-state index contributed by atoms with van der Waals surface area (Å²) in [7, 11) is 1.43. The van der Waals surface area contributed by atoms with Gasteiger partial charge in [0.1, 0.15) is 0 Å². The predicted molar refractivity (Wildman–Crippen MR) is 105 cm³/mol. The summed E-state index contributed by atoms with van der Waals surface area (Å²) in [6, 6.07) is 12.5. The maximum Gasteiger partial charge on any atom is 0.255 e. The fourth-order valence-corrected chi connectivity index (χ4v) is 3.62. The molecule has 1 N–H and O–H groups in total. The number of nitrogens with one attached hydrogen (secondary N) is 1. The summed E-state index contributed by atoms with van der Waals surface area (Å²) in [4.78, 5) is 15.0. The second-order valence-electron chi connectivity index (χ2n) is 6.86. The Bertz CT molecular complexity index is 1050. The van der Waals surface area contributed by atoms with E-state index in [1.54, 1.807) is 22.6 Å². The summed E-state index contributed by atoms with van der Waals surface area (Å²) in [6.45, 7) is 4.93. The number of anilines is 1. The Morgan fingerprint density at radius 1 is 1.15 bits per heavy atom. The number of rotatable bonds is 3. The van der Waals surface area contributed by atoms with E-state index >= 15 is 0 Å². The third-order valence-electron chi connectivity index (χ3n) is 5.10. The average Bonchev–Trinajstić information content (AvgIpc) is 2.68. The van der Waals surface area contributed by atoms with E-state index in [1.807, 2.05) is 24.4 Å². The highest BCUT2D eigenvalue weighted by Gasteiger charge is 2.18. The van der Waals surface area contributed by atoms with Crippen LogP contribution in [0.15, 0.2) is 53.5 Å². The second-order valence-corrected chi connectivity index (χ2v) is 6.86. The van der Waals surface area contributed by atoms with E-state index < -0.39 is 5.82 Å². The average molecular weight is 367 g/mol. The van der Waals surface area contributed by atoms with Crippen molar-refractivity contribution in [1.29, 1.82) is 0 Å². The molecule has 1 aliphatic rings. The van der Waals surface area contributed by atoms with E-state index in [0.717, 1.165) is 30.8 Å². The first kappa shape index (κ1) is 17.5. The van der Waals surface area contributed by atoms with Gasteiger partial charge in [0.15, 0.2) is 11.6 Å². The molecule has 3 aromatic rings. The summed E-state index contributed by atoms with van der Waals surface area (Å²) < 4.78 is 20.6. The molecule has 4 rings (SSSR count). The number of fused-ring (bicyclic) bond motifs is 1. The summed E-state index contributed by atoms with van der Waals surface area (Å²) >= 11 is 0. The number of hydrogen-bond donors (Lipinski definition) is 1. The zero-order chi connectivity index (χ0) is 19.0. The minimum absolute atomic E-state index is 0.136. The number of nitrogens with zero attached hydrogens (tertiary/aromatic N) is 2. The van der Waals surface area contributed by atoms with Crippen LogP contribution < -0.4 is 20.5 Å². The monoisotopic (exact) mass is 367 g/mol. The molecule has 27 heavy (non-hydrogen) atoms. The van der Waals surface area contributed by atoms with Crippen LogP contribution in [0.25, 0.3) is 16.6 Å². The zero-order valence-electron chi connectivity index (χ0n) is 15.4. The summed E-state index contributed by atoms with van der Waals surface area (Å²) in [5.74, 6) is -0.260. The standard InChI is InChI=1S/C21H22FN3O2/c1-14-12-23-7-8-24(14)18-5-4-17-9-16(11-21(26)25(17)13-18)15-3-6-20(27-2)19(22)10-15/h3-6,9-11,13-14,23H,7-8,12H2,1-2H3/t14-/m0/s1. The van der Waals surface area contributed by atoms with Crippen LogP contribution in [-0.4, -0.2) is 37.2 Å². The molecule has 140 valence electrons. The van der Waals surface area contributed by atoms with Crippen molar-refractivity contribution < 1.29 is 9.13 Å². The van der Waals surface area contributed by atoms with Crippen molar-refractivity contribution in [2.24, 2.45) is 0 Å². The van der Waals surface area contributed by atoms with Gasteiger partial charge in [-0.3, -0.25) is 9.20 Å². The van der Waals surface area contributed by atoms with Crippen LogP contribution in [0, 0.1) is 5.82 Å². The molecule has 0 spiro atoms. The van der Waals surface area contributed by atoms with Gasteiger partial charge >= 0.3 is 0 Å². The number of methoxy groups -OCH3 is 1. The highest BCUT2D eigenvalue weighted by molar-refractivity contribution is 5.70. The molecular formula is C21H22FN3O2. The normalized spacial score (nSPS) is 17.3. The predicted octanol–water partition coefficient (Wildman–Crippen LogP) is 2.91. The van der Waals surface area contributed by atoms with Gasteiger partial charge in [0, 0.05) is 43.5 Å². The van der Waals surface area contributed by atoms with Gasteiger partial charge in [-0.25, -0.2) is 4.39 Å². The molecule has 0 saturated carbocycles. The Hall–Kier alpha value is -2.86. The van der Waals surface area contributed by atoms with Crippen molar-refractivity contribution in [1.82, 2.24) is 9.72 Å². The van der Waals surface area contributed by atoms with Gasteiger partial charge in [0.25, 0.3) is 5.56 Å². The lowest BCUT2D eigenvalue weighted by molar-refractivity contribution is 0.386. The van der Waals surface area contributed by atoms with Crippen molar-refractivity contribution in [3.05, 3.63) is 64.8 Å². The minimum atomic E-state index is -0.446. The Kier molecular flexibility index (Phi) is 4.58. The molecule has 5 nitrogen and oxygen atoms in total. The molecule has 1 fully saturated rings. The van der Waals surface area contributed by atoms with Crippen molar-refractivity contribution in [3.63, 3.8) is 0 Å². The van der Waals surface area contributed by atoms with Crippen LogP contribution in [0.2, 0.25) is 0 Å². The van der Waals surface area contributed by atoms with E-state index in [9.17, 15) is 9.18 Å². The number of halogens is 1. The Morgan fingerprint density at radius 2 is 2.00 bits per heavy atom. The molecule has 6 heteroatoms. The number of ether oxygens (including phenoxy) is 1. The molecular weight excluding hydrogens is 345 g/mol. The van der Waals surface area contributed by atoms with Gasteiger partial charge in [-0.05, 0) is 48.4 Å². The first-order valence-corrected chi connectivity index (χ1v) is 9.04. The maximum atomic E-state index is 14.0. The lowest BCUT2D eigenvalue weighted by atomic mass is 10.1. The Morgan fingerprint density at radius 3 is 2.74 bits per heavy atom. The number of hydrogen-bond acceptors (Lipinski definition) is 4. The van der Waals surface area contributed by atoms with E-state index in [1.165, 1.54) is 13.2 Å². The second kappa shape index (κ2) is 7.04. The van der Waals surface area contributed by atoms with Crippen molar-refractivity contribution >= 4 is 11.2 Å². The number of pyridine rings is 2. The minimum Gasteiger partial charge on any atom is -0.494 e. The van der Waals surface area contributed by atoms with Crippen LogP contribution in [0.1, 0.15) is 6.92 Å². The van der Waals surface area contributed by atoms with Gasteiger partial charge in [-0.1, -0.05) is 6.07 Å². The topological polar surface area (TPSA) is 46.0 Å². The van der Waals surface area contributed by atoms with E-state index in [-0.39, 0.29) is 11.3 Å². The third-order valence-corrected chi connectivity index (χ3v) is 5.10. The molecule has 0 unspecified atom stereocenters. The van der Waals surface area contributed by atoms with Crippen LogP contribution >= 0.6 is 0 Å². The Balaban J connectivity index is 1.75. The fourth-order valence-electron chi connectivity index (χ4n) is 3.62. The molecule has 0 radical (unpaired) electrons.